The smallest absolute Gasteiger partial charge is 0.371 e. The molecule has 0 saturated carbocycles. The number of furan rings is 1. The lowest BCUT2D eigenvalue weighted by Gasteiger charge is -2.00. The maximum absolute atomic E-state index is 11.7. The van der Waals surface area contributed by atoms with Gasteiger partial charge in [-0.3, -0.25) is 0 Å². The van der Waals surface area contributed by atoms with E-state index in [1.807, 2.05) is 0 Å². The van der Waals surface area contributed by atoms with Gasteiger partial charge in [0.1, 0.15) is 0 Å². The van der Waals surface area contributed by atoms with Crippen molar-refractivity contribution in [3.05, 3.63) is 28.9 Å². The van der Waals surface area contributed by atoms with Crippen molar-refractivity contribution in [2.75, 3.05) is 0 Å². The van der Waals surface area contributed by atoms with E-state index in [4.69, 9.17) is 10.2 Å². The fourth-order valence-corrected chi connectivity index (χ4v) is 1.19. The minimum atomic E-state index is -0.359. The molecule has 2 N–H and O–H groups in total. The van der Waals surface area contributed by atoms with E-state index < -0.39 is 0 Å². The highest BCUT2D eigenvalue weighted by atomic mass is 16.3. The molecule has 2 heterocycles. The maximum Gasteiger partial charge on any atom is 0.371 e. The molecule has 0 bridgehead atoms. The molecule has 2 aromatic heterocycles. The standard InChI is InChI=1S/C8H11N5O2/c1-6(9)5-12-8(14)13(11-10-12)7-3-2-4-15-7/h2-4,6H,5,9H2,1H3/t6-/m0/s1. The van der Waals surface area contributed by atoms with Crippen molar-refractivity contribution in [2.45, 2.75) is 19.5 Å². The van der Waals surface area contributed by atoms with E-state index in [0.717, 1.165) is 4.68 Å². The van der Waals surface area contributed by atoms with E-state index in [-0.39, 0.29) is 11.7 Å². The maximum atomic E-state index is 11.7. The second-order valence-electron chi connectivity index (χ2n) is 3.28. The lowest BCUT2D eigenvalue weighted by atomic mass is 10.4. The first-order valence-corrected chi connectivity index (χ1v) is 4.51. The van der Waals surface area contributed by atoms with Gasteiger partial charge in [-0.15, -0.1) is 4.68 Å². The van der Waals surface area contributed by atoms with E-state index in [0.29, 0.717) is 12.4 Å². The van der Waals surface area contributed by atoms with Crippen LogP contribution in [0.25, 0.3) is 5.88 Å². The van der Waals surface area contributed by atoms with E-state index in [2.05, 4.69) is 10.4 Å². The molecule has 15 heavy (non-hydrogen) atoms. The van der Waals surface area contributed by atoms with Gasteiger partial charge in [-0.2, -0.15) is 4.68 Å². The minimum Gasteiger partial charge on any atom is -0.446 e. The van der Waals surface area contributed by atoms with Crippen molar-refractivity contribution >= 4 is 0 Å². The quantitative estimate of drug-likeness (QED) is 0.726. The van der Waals surface area contributed by atoms with Crippen molar-refractivity contribution in [3.8, 4) is 5.88 Å². The first-order chi connectivity index (χ1) is 7.18. The second kappa shape index (κ2) is 3.70. The highest BCUT2D eigenvalue weighted by Crippen LogP contribution is 2.01. The van der Waals surface area contributed by atoms with Crippen LogP contribution < -0.4 is 11.4 Å². The van der Waals surface area contributed by atoms with E-state index in [9.17, 15) is 4.79 Å². The third kappa shape index (κ3) is 1.82. The zero-order valence-electron chi connectivity index (χ0n) is 8.20. The Bertz CT molecular complexity index is 481. The first kappa shape index (κ1) is 9.66. The van der Waals surface area contributed by atoms with Crippen LogP contribution in [0.4, 0.5) is 0 Å². The van der Waals surface area contributed by atoms with Crippen LogP contribution in [0.5, 0.6) is 0 Å². The van der Waals surface area contributed by atoms with Crippen molar-refractivity contribution in [3.63, 3.8) is 0 Å². The molecule has 0 fully saturated rings. The number of aromatic nitrogens is 4. The molecule has 7 nitrogen and oxygen atoms in total. The first-order valence-electron chi connectivity index (χ1n) is 4.51. The molecule has 0 aliphatic rings. The zero-order valence-corrected chi connectivity index (χ0v) is 8.20. The molecule has 0 aliphatic carbocycles. The molecule has 1 atom stereocenters. The topological polar surface area (TPSA) is 91.9 Å². The van der Waals surface area contributed by atoms with Gasteiger partial charge in [0.15, 0.2) is 0 Å². The van der Waals surface area contributed by atoms with Gasteiger partial charge >= 0.3 is 5.69 Å². The average Bonchev–Trinajstić information content (AvgIpc) is 2.76. The summed E-state index contributed by atoms with van der Waals surface area (Å²) in [5.74, 6) is 0.343. The Labute approximate surface area is 85.1 Å². The van der Waals surface area contributed by atoms with Gasteiger partial charge in [0.2, 0.25) is 5.88 Å². The number of hydrogen-bond donors (Lipinski definition) is 1. The fraction of sp³-hybridized carbons (Fsp3) is 0.375. The molecule has 0 spiro atoms. The second-order valence-corrected chi connectivity index (χ2v) is 3.28. The van der Waals surface area contributed by atoms with Crippen LogP contribution in [0.1, 0.15) is 6.92 Å². The van der Waals surface area contributed by atoms with Crippen LogP contribution in [0, 0.1) is 0 Å². The van der Waals surface area contributed by atoms with Gasteiger partial charge in [0, 0.05) is 12.1 Å². The molecule has 2 aromatic rings. The summed E-state index contributed by atoms with van der Waals surface area (Å²) in [6, 6.07) is 3.16. The van der Waals surface area contributed by atoms with Gasteiger partial charge in [0.05, 0.1) is 12.8 Å². The minimum absolute atomic E-state index is 0.149. The van der Waals surface area contributed by atoms with Crippen LogP contribution in [0.3, 0.4) is 0 Å². The van der Waals surface area contributed by atoms with Gasteiger partial charge in [-0.1, -0.05) is 0 Å². The van der Waals surface area contributed by atoms with Crippen LogP contribution in [0.2, 0.25) is 0 Å². The molecule has 0 radical (unpaired) electrons. The van der Waals surface area contributed by atoms with Crippen LogP contribution >= 0.6 is 0 Å². The third-order valence-corrected chi connectivity index (χ3v) is 1.82. The normalized spacial score (nSPS) is 12.9. The molecule has 80 valence electrons. The van der Waals surface area contributed by atoms with Crippen molar-refractivity contribution in [1.29, 1.82) is 0 Å². The van der Waals surface area contributed by atoms with Gasteiger partial charge in [0.25, 0.3) is 0 Å². The Balaban J connectivity index is 2.37. The molecule has 0 unspecified atom stereocenters. The number of tetrazole rings is 1. The van der Waals surface area contributed by atoms with E-state index >= 15 is 0 Å². The van der Waals surface area contributed by atoms with E-state index in [1.165, 1.54) is 10.9 Å². The molecule has 0 amide bonds. The van der Waals surface area contributed by atoms with Gasteiger partial charge in [-0.25, -0.2) is 4.79 Å². The average molecular weight is 209 g/mol. The van der Waals surface area contributed by atoms with Crippen molar-refractivity contribution in [2.24, 2.45) is 5.73 Å². The van der Waals surface area contributed by atoms with E-state index in [1.54, 1.807) is 19.1 Å². The molecule has 2 rings (SSSR count). The number of hydrogen-bond acceptors (Lipinski definition) is 5. The predicted octanol–water partition coefficient (Wildman–Crippen LogP) is -0.631. The molecule has 7 heteroatoms. The zero-order chi connectivity index (χ0) is 10.8. The van der Waals surface area contributed by atoms with Crippen molar-refractivity contribution < 1.29 is 4.42 Å². The lowest BCUT2D eigenvalue weighted by molar-refractivity contribution is 0.506. The van der Waals surface area contributed by atoms with Gasteiger partial charge in [-0.05, 0) is 23.4 Å². The Morgan fingerprint density at radius 1 is 1.60 bits per heavy atom. The van der Waals surface area contributed by atoms with Crippen LogP contribution in [0.15, 0.2) is 27.6 Å². The summed E-state index contributed by atoms with van der Waals surface area (Å²) in [5, 5.41) is 7.37. The summed E-state index contributed by atoms with van der Waals surface area (Å²) < 4.78 is 7.32. The highest BCUT2D eigenvalue weighted by molar-refractivity contribution is 5.13. The lowest BCUT2D eigenvalue weighted by Crippen LogP contribution is -2.31. The van der Waals surface area contributed by atoms with Crippen LogP contribution in [-0.4, -0.2) is 25.8 Å². The number of rotatable bonds is 3. The summed E-state index contributed by atoms with van der Waals surface area (Å²) in [4.78, 5) is 11.7. The SMILES string of the molecule is C[C@H](N)Cn1nnn(-c2ccco2)c1=O. The number of nitrogens with zero attached hydrogens (tertiary/aromatic N) is 4. The summed E-state index contributed by atoms with van der Waals surface area (Å²) in [6.45, 7) is 2.12. The molecule has 0 aliphatic heterocycles. The van der Waals surface area contributed by atoms with Crippen LogP contribution in [-0.2, 0) is 6.54 Å². The largest absolute Gasteiger partial charge is 0.446 e. The summed E-state index contributed by atoms with van der Waals surface area (Å²) >= 11 is 0. The third-order valence-electron chi connectivity index (χ3n) is 1.82. The highest BCUT2D eigenvalue weighted by Gasteiger charge is 2.11. The Morgan fingerprint density at radius 3 is 3.00 bits per heavy atom. The van der Waals surface area contributed by atoms with Gasteiger partial charge < -0.3 is 10.2 Å². The summed E-state index contributed by atoms with van der Waals surface area (Å²) in [6.07, 6.45) is 1.46. The summed E-state index contributed by atoms with van der Waals surface area (Å²) in [5.41, 5.74) is 5.20. The van der Waals surface area contributed by atoms with Crippen molar-refractivity contribution in [1.82, 2.24) is 19.8 Å². The Kier molecular flexibility index (Phi) is 2.38. The predicted molar refractivity (Wildman–Crippen MR) is 51.5 cm³/mol. The molecule has 0 saturated heterocycles. The summed E-state index contributed by atoms with van der Waals surface area (Å²) in [7, 11) is 0. The Hall–Kier alpha value is -1.89. The Morgan fingerprint density at radius 2 is 2.40 bits per heavy atom. The monoisotopic (exact) mass is 209 g/mol. The molecule has 0 aromatic carbocycles. The fourth-order valence-electron chi connectivity index (χ4n) is 1.19. The molecular weight excluding hydrogens is 198 g/mol. The number of nitrogens with two attached hydrogens (primary N) is 1. The molecular formula is C8H11N5O2.